The first-order valence-electron chi connectivity index (χ1n) is 7.02. The number of carbonyl (C=O) groups is 2. The van der Waals surface area contributed by atoms with Crippen LogP contribution in [0.4, 0.5) is 4.79 Å². The predicted molar refractivity (Wildman–Crippen MR) is 73.2 cm³/mol. The number of nitrogens with zero attached hydrogens (tertiary/aromatic N) is 2. The summed E-state index contributed by atoms with van der Waals surface area (Å²) in [6.45, 7) is 4.83. The highest BCUT2D eigenvalue weighted by atomic mass is 16.4. The van der Waals surface area contributed by atoms with E-state index >= 15 is 0 Å². The van der Waals surface area contributed by atoms with E-state index in [0.717, 1.165) is 32.4 Å². The van der Waals surface area contributed by atoms with Crippen LogP contribution in [0.1, 0.15) is 32.6 Å². The fourth-order valence-corrected chi connectivity index (χ4v) is 2.22. The highest BCUT2D eigenvalue weighted by Gasteiger charge is 2.30. The van der Waals surface area contributed by atoms with Crippen LogP contribution in [0, 0.1) is 0 Å². The predicted octanol–water partition coefficient (Wildman–Crippen LogP) is 0.977. The summed E-state index contributed by atoms with van der Waals surface area (Å²) in [5.74, 6) is -0.900. The lowest BCUT2D eigenvalue weighted by atomic mass is 10.1. The van der Waals surface area contributed by atoms with E-state index in [0.29, 0.717) is 19.5 Å². The third-order valence-electron chi connectivity index (χ3n) is 3.61. The maximum absolute atomic E-state index is 12.1. The Kier molecular flexibility index (Phi) is 6.62. The number of urea groups is 1. The lowest BCUT2D eigenvalue weighted by molar-refractivity contribution is -0.142. The van der Waals surface area contributed by atoms with Crippen molar-refractivity contribution in [3.8, 4) is 0 Å². The summed E-state index contributed by atoms with van der Waals surface area (Å²) in [6, 6.07) is -0.926. The third kappa shape index (κ3) is 5.06. The molecule has 110 valence electrons. The van der Waals surface area contributed by atoms with Crippen molar-refractivity contribution in [2.75, 3.05) is 33.2 Å². The van der Waals surface area contributed by atoms with Crippen LogP contribution < -0.4 is 5.32 Å². The van der Waals surface area contributed by atoms with E-state index in [-0.39, 0.29) is 6.03 Å². The van der Waals surface area contributed by atoms with E-state index in [1.54, 1.807) is 0 Å². The molecular weight excluding hydrogens is 246 g/mol. The molecule has 6 heteroatoms. The number of carboxylic acids is 1. The van der Waals surface area contributed by atoms with Gasteiger partial charge in [0.1, 0.15) is 6.04 Å². The number of likely N-dealkylation sites (tertiary alicyclic amines) is 1. The Labute approximate surface area is 114 Å². The second-order valence-electron chi connectivity index (χ2n) is 5.02. The van der Waals surface area contributed by atoms with Crippen molar-refractivity contribution in [3.05, 3.63) is 0 Å². The van der Waals surface area contributed by atoms with Gasteiger partial charge >= 0.3 is 12.0 Å². The van der Waals surface area contributed by atoms with E-state index in [4.69, 9.17) is 0 Å². The average Bonchev–Trinajstić information content (AvgIpc) is 2.63. The summed E-state index contributed by atoms with van der Waals surface area (Å²) in [5.41, 5.74) is 0. The Morgan fingerprint density at radius 3 is 2.74 bits per heavy atom. The Morgan fingerprint density at radius 1 is 1.37 bits per heavy atom. The van der Waals surface area contributed by atoms with Gasteiger partial charge in [-0.15, -0.1) is 0 Å². The van der Waals surface area contributed by atoms with Crippen LogP contribution in [0.5, 0.6) is 0 Å². The van der Waals surface area contributed by atoms with Crippen LogP contribution >= 0.6 is 0 Å². The van der Waals surface area contributed by atoms with Crippen molar-refractivity contribution in [2.24, 2.45) is 0 Å². The molecule has 0 spiro atoms. The van der Waals surface area contributed by atoms with Gasteiger partial charge in [0.2, 0.25) is 0 Å². The molecule has 0 aromatic carbocycles. The van der Waals surface area contributed by atoms with Gasteiger partial charge in [0.25, 0.3) is 0 Å². The fraction of sp³-hybridized carbons (Fsp3) is 0.846. The summed E-state index contributed by atoms with van der Waals surface area (Å²) >= 11 is 0. The van der Waals surface area contributed by atoms with Crippen LogP contribution in [0.2, 0.25) is 0 Å². The molecule has 0 bridgehead atoms. The number of nitrogens with one attached hydrogen (secondary N) is 1. The lowest BCUT2D eigenvalue weighted by Gasteiger charge is -2.27. The molecule has 0 saturated carbocycles. The van der Waals surface area contributed by atoms with E-state index in [1.807, 2.05) is 7.05 Å². The maximum atomic E-state index is 12.1. The van der Waals surface area contributed by atoms with Crippen molar-refractivity contribution < 1.29 is 14.7 Å². The topological polar surface area (TPSA) is 72.9 Å². The first-order valence-corrected chi connectivity index (χ1v) is 7.02. The number of carboxylic acid groups (broad SMARTS) is 1. The molecule has 1 fully saturated rings. The minimum Gasteiger partial charge on any atom is -0.480 e. The largest absolute Gasteiger partial charge is 0.480 e. The van der Waals surface area contributed by atoms with Crippen molar-refractivity contribution in [3.63, 3.8) is 0 Å². The lowest BCUT2D eigenvalue weighted by Crippen LogP contribution is -2.50. The number of hydrogen-bond acceptors (Lipinski definition) is 3. The highest BCUT2D eigenvalue weighted by molar-refractivity contribution is 5.82. The van der Waals surface area contributed by atoms with Gasteiger partial charge in [0.05, 0.1) is 0 Å². The zero-order valence-electron chi connectivity index (χ0n) is 11.9. The summed E-state index contributed by atoms with van der Waals surface area (Å²) in [6.07, 6.45) is 3.30. The number of hydrogen-bond donors (Lipinski definition) is 2. The van der Waals surface area contributed by atoms with Gasteiger partial charge in [-0.1, -0.05) is 19.8 Å². The number of amides is 2. The number of aliphatic carboxylic acids is 1. The molecule has 2 N–H and O–H groups in total. The fourth-order valence-electron chi connectivity index (χ4n) is 2.22. The molecular formula is C13H25N3O3. The van der Waals surface area contributed by atoms with Crippen molar-refractivity contribution in [2.45, 2.75) is 38.6 Å². The summed E-state index contributed by atoms with van der Waals surface area (Å²) in [5, 5.41) is 12.0. The number of carbonyl (C=O) groups excluding carboxylic acids is 1. The zero-order chi connectivity index (χ0) is 14.3. The van der Waals surface area contributed by atoms with Gasteiger partial charge < -0.3 is 20.2 Å². The molecule has 2 amide bonds. The van der Waals surface area contributed by atoms with E-state index in [1.165, 1.54) is 4.90 Å². The molecule has 0 aromatic rings. The summed E-state index contributed by atoms with van der Waals surface area (Å²) in [7, 11) is 1.98. The molecule has 19 heavy (non-hydrogen) atoms. The van der Waals surface area contributed by atoms with E-state index in [2.05, 4.69) is 17.1 Å². The minimum atomic E-state index is -0.900. The standard InChI is InChI=1S/C13H25N3O3/c1-3-15(2)10-8-14-13(19)16-9-6-4-5-7-11(16)12(17)18/h11H,3-10H2,1-2H3,(H,14,19)(H,17,18). The second-order valence-corrected chi connectivity index (χ2v) is 5.02. The highest BCUT2D eigenvalue weighted by Crippen LogP contribution is 2.17. The van der Waals surface area contributed by atoms with Crippen LogP contribution in [0.3, 0.4) is 0 Å². The van der Waals surface area contributed by atoms with Gasteiger partial charge in [-0.3, -0.25) is 0 Å². The normalized spacial score (nSPS) is 20.2. The van der Waals surface area contributed by atoms with Gasteiger partial charge in [-0.2, -0.15) is 0 Å². The van der Waals surface area contributed by atoms with E-state index in [9.17, 15) is 14.7 Å². The Morgan fingerprint density at radius 2 is 2.11 bits per heavy atom. The van der Waals surface area contributed by atoms with Crippen molar-refractivity contribution in [1.82, 2.24) is 15.1 Å². The van der Waals surface area contributed by atoms with Crippen LogP contribution in [-0.2, 0) is 4.79 Å². The van der Waals surface area contributed by atoms with Gasteiger partial charge in [0, 0.05) is 19.6 Å². The SMILES string of the molecule is CCN(C)CCNC(=O)N1CCCCCC1C(=O)O. The monoisotopic (exact) mass is 271 g/mol. The van der Waals surface area contributed by atoms with Crippen LogP contribution in [-0.4, -0.2) is 66.2 Å². The van der Waals surface area contributed by atoms with Crippen molar-refractivity contribution in [1.29, 1.82) is 0 Å². The average molecular weight is 271 g/mol. The zero-order valence-corrected chi connectivity index (χ0v) is 11.9. The molecule has 0 radical (unpaired) electrons. The first kappa shape index (κ1) is 15.8. The van der Waals surface area contributed by atoms with Gasteiger partial charge in [-0.25, -0.2) is 9.59 Å². The Hall–Kier alpha value is -1.30. The van der Waals surface area contributed by atoms with Crippen LogP contribution in [0.15, 0.2) is 0 Å². The molecule has 0 aromatic heterocycles. The second kappa shape index (κ2) is 7.99. The number of likely N-dealkylation sites (N-methyl/N-ethyl adjacent to an activating group) is 1. The smallest absolute Gasteiger partial charge is 0.326 e. The molecule has 1 aliphatic heterocycles. The molecule has 1 atom stereocenters. The molecule has 6 nitrogen and oxygen atoms in total. The first-order chi connectivity index (χ1) is 9.06. The van der Waals surface area contributed by atoms with Gasteiger partial charge in [0.15, 0.2) is 0 Å². The van der Waals surface area contributed by atoms with Crippen LogP contribution in [0.25, 0.3) is 0 Å². The molecule has 1 saturated heterocycles. The number of rotatable bonds is 5. The molecule has 1 aliphatic rings. The maximum Gasteiger partial charge on any atom is 0.326 e. The quantitative estimate of drug-likeness (QED) is 0.781. The van der Waals surface area contributed by atoms with Crippen molar-refractivity contribution >= 4 is 12.0 Å². The Balaban J connectivity index is 2.49. The third-order valence-corrected chi connectivity index (χ3v) is 3.61. The summed E-state index contributed by atoms with van der Waals surface area (Å²) < 4.78 is 0. The Bertz CT molecular complexity index is 310. The minimum absolute atomic E-state index is 0.251. The molecule has 0 aliphatic carbocycles. The molecule has 1 heterocycles. The summed E-state index contributed by atoms with van der Waals surface area (Å²) in [4.78, 5) is 26.9. The van der Waals surface area contributed by atoms with E-state index < -0.39 is 12.0 Å². The molecule has 1 unspecified atom stereocenters. The van der Waals surface area contributed by atoms with Gasteiger partial charge in [-0.05, 0) is 26.4 Å². The molecule has 1 rings (SSSR count).